The number of halogens is 1. The maximum absolute atomic E-state index is 12.9. The quantitative estimate of drug-likeness (QED) is 0.464. The van der Waals surface area contributed by atoms with Crippen molar-refractivity contribution in [2.24, 2.45) is 0 Å². The zero-order chi connectivity index (χ0) is 23.8. The Bertz CT molecular complexity index is 1240. The number of carbonyl (C=O) groups is 1. The highest BCUT2D eigenvalue weighted by Gasteiger charge is 2.17. The van der Waals surface area contributed by atoms with Crippen LogP contribution < -0.4 is 19.5 Å². The first-order chi connectivity index (χ1) is 15.8. The molecule has 10 heteroatoms. The molecule has 2 aromatic carbocycles. The molecule has 0 spiro atoms. The van der Waals surface area contributed by atoms with E-state index in [1.165, 1.54) is 62.7 Å². The fourth-order valence-electron chi connectivity index (χ4n) is 2.74. The molecular formula is C23H22FN3O5S. The largest absolute Gasteiger partial charge is 0.495 e. The maximum atomic E-state index is 12.9. The number of benzene rings is 2. The van der Waals surface area contributed by atoms with E-state index in [0.29, 0.717) is 17.2 Å². The van der Waals surface area contributed by atoms with Gasteiger partial charge in [-0.1, -0.05) is 12.1 Å². The zero-order valence-corrected chi connectivity index (χ0v) is 18.7. The molecule has 0 unspecified atom stereocenters. The van der Waals surface area contributed by atoms with E-state index >= 15 is 0 Å². The summed E-state index contributed by atoms with van der Waals surface area (Å²) in [4.78, 5) is 16.3. The third kappa shape index (κ3) is 6.61. The van der Waals surface area contributed by atoms with Crippen LogP contribution in [0.1, 0.15) is 11.1 Å². The normalized spacial score (nSPS) is 11.4. The molecule has 0 aliphatic carbocycles. The number of carbonyl (C=O) groups excluding carboxylic acids is 1. The van der Waals surface area contributed by atoms with Crippen LogP contribution in [0.3, 0.4) is 0 Å². The first kappa shape index (κ1) is 23.9. The molecule has 33 heavy (non-hydrogen) atoms. The number of nitrogens with one attached hydrogen (secondary N) is 2. The predicted octanol–water partition coefficient (Wildman–Crippen LogP) is 3.26. The third-order valence-corrected chi connectivity index (χ3v) is 5.91. The molecular weight excluding hydrogens is 449 g/mol. The average molecular weight is 472 g/mol. The monoisotopic (exact) mass is 471 g/mol. The highest BCUT2D eigenvalue weighted by molar-refractivity contribution is 7.89. The number of rotatable bonds is 9. The Morgan fingerprint density at radius 3 is 2.52 bits per heavy atom. The predicted molar refractivity (Wildman–Crippen MR) is 121 cm³/mol. The zero-order valence-electron chi connectivity index (χ0n) is 17.9. The fraction of sp³-hybridized carbons (Fsp3) is 0.130. The van der Waals surface area contributed by atoms with Crippen LogP contribution in [0.15, 0.2) is 71.8 Å². The number of hydrogen-bond donors (Lipinski definition) is 2. The third-order valence-electron chi connectivity index (χ3n) is 4.47. The molecule has 0 radical (unpaired) electrons. The molecule has 0 saturated heterocycles. The summed E-state index contributed by atoms with van der Waals surface area (Å²) in [6.07, 6.45) is 4.36. The number of sulfonamides is 1. The van der Waals surface area contributed by atoms with Crippen molar-refractivity contribution in [1.29, 1.82) is 0 Å². The van der Waals surface area contributed by atoms with Crippen molar-refractivity contribution in [2.45, 2.75) is 11.4 Å². The Labute approximate surface area is 191 Å². The maximum Gasteiger partial charge on any atom is 0.244 e. The van der Waals surface area contributed by atoms with Crippen LogP contribution in [0.2, 0.25) is 0 Å². The van der Waals surface area contributed by atoms with Crippen LogP contribution in [0.4, 0.5) is 4.39 Å². The van der Waals surface area contributed by atoms with Crippen molar-refractivity contribution in [2.75, 3.05) is 14.2 Å². The Morgan fingerprint density at radius 1 is 1.12 bits per heavy atom. The van der Waals surface area contributed by atoms with E-state index in [2.05, 4.69) is 15.0 Å². The minimum absolute atomic E-state index is 0.0240. The summed E-state index contributed by atoms with van der Waals surface area (Å²) in [6.45, 7) is 0.231. The van der Waals surface area contributed by atoms with Gasteiger partial charge in [0.25, 0.3) is 0 Å². The van der Waals surface area contributed by atoms with Gasteiger partial charge in [0.1, 0.15) is 22.2 Å². The smallest absolute Gasteiger partial charge is 0.244 e. The number of ether oxygens (including phenoxy) is 2. The van der Waals surface area contributed by atoms with Crippen LogP contribution in [-0.2, 0) is 21.4 Å². The van der Waals surface area contributed by atoms with Crippen LogP contribution >= 0.6 is 0 Å². The van der Waals surface area contributed by atoms with E-state index in [1.54, 1.807) is 24.4 Å². The molecule has 3 aromatic rings. The molecule has 1 heterocycles. The van der Waals surface area contributed by atoms with E-state index in [1.807, 2.05) is 0 Å². The molecule has 172 valence electrons. The van der Waals surface area contributed by atoms with Crippen LogP contribution in [0.25, 0.3) is 6.08 Å². The first-order valence-electron chi connectivity index (χ1n) is 9.76. The Kier molecular flexibility index (Phi) is 7.75. The lowest BCUT2D eigenvalue weighted by molar-refractivity contribution is -0.116. The highest BCUT2D eigenvalue weighted by Crippen LogP contribution is 2.25. The molecule has 0 aliphatic rings. The van der Waals surface area contributed by atoms with Gasteiger partial charge in [-0.25, -0.2) is 22.5 Å². The summed E-state index contributed by atoms with van der Waals surface area (Å²) in [5.41, 5.74) is 1.26. The van der Waals surface area contributed by atoms with Crippen LogP contribution in [0.5, 0.6) is 17.4 Å². The van der Waals surface area contributed by atoms with Gasteiger partial charge in [-0.2, -0.15) is 0 Å². The number of aromatic nitrogens is 1. The second-order valence-corrected chi connectivity index (χ2v) is 8.58. The number of hydrogen-bond acceptors (Lipinski definition) is 6. The number of nitrogens with zero attached hydrogens (tertiary/aromatic N) is 1. The molecule has 0 bridgehead atoms. The minimum atomic E-state index is -3.72. The van der Waals surface area contributed by atoms with Gasteiger partial charge in [0, 0.05) is 24.9 Å². The van der Waals surface area contributed by atoms with Gasteiger partial charge in [-0.15, -0.1) is 0 Å². The number of methoxy groups -OCH3 is 1. The lowest BCUT2D eigenvalue weighted by atomic mass is 10.2. The van der Waals surface area contributed by atoms with E-state index in [0.717, 1.165) is 5.56 Å². The molecule has 3 rings (SSSR count). The van der Waals surface area contributed by atoms with Crippen molar-refractivity contribution in [3.63, 3.8) is 0 Å². The molecule has 0 atom stereocenters. The lowest BCUT2D eigenvalue weighted by Gasteiger charge is -2.09. The van der Waals surface area contributed by atoms with Gasteiger partial charge in [-0.3, -0.25) is 4.79 Å². The Hall–Kier alpha value is -3.76. The van der Waals surface area contributed by atoms with Gasteiger partial charge in [-0.05, 0) is 60.6 Å². The molecule has 2 N–H and O–H groups in total. The standard InChI is InChI=1S/C23H22FN3O5S/c1-25-33(29,30)21-13-16(3-10-20(21)31-2)4-11-22(28)26-14-17-5-12-23(27-15-17)32-19-8-6-18(24)7-9-19/h3-13,15,25H,14H2,1-2H3,(H,26,28). The van der Waals surface area contributed by atoms with Crippen molar-refractivity contribution >= 4 is 22.0 Å². The molecule has 0 aliphatic heterocycles. The van der Waals surface area contributed by atoms with Crippen LogP contribution in [0, 0.1) is 5.82 Å². The Morgan fingerprint density at radius 2 is 1.88 bits per heavy atom. The summed E-state index contributed by atoms with van der Waals surface area (Å²) in [5.74, 6) is 0.273. The van der Waals surface area contributed by atoms with Crippen molar-refractivity contribution in [1.82, 2.24) is 15.0 Å². The average Bonchev–Trinajstić information content (AvgIpc) is 2.83. The van der Waals surface area contributed by atoms with Gasteiger partial charge >= 0.3 is 0 Å². The number of pyridine rings is 1. The summed E-state index contributed by atoms with van der Waals surface area (Å²) in [7, 11) is -1.03. The topological polar surface area (TPSA) is 107 Å². The van der Waals surface area contributed by atoms with Gasteiger partial charge in [0.05, 0.1) is 7.11 Å². The SMILES string of the molecule is CNS(=O)(=O)c1cc(C=CC(=O)NCc2ccc(Oc3ccc(F)cc3)nc2)ccc1OC. The van der Waals surface area contributed by atoms with Crippen LogP contribution in [-0.4, -0.2) is 33.5 Å². The molecule has 0 fully saturated rings. The van der Waals surface area contributed by atoms with Gasteiger partial charge in [0.15, 0.2) is 0 Å². The summed E-state index contributed by atoms with van der Waals surface area (Å²) >= 11 is 0. The Balaban J connectivity index is 1.58. The van der Waals surface area contributed by atoms with E-state index in [4.69, 9.17) is 9.47 Å². The second-order valence-electron chi connectivity index (χ2n) is 6.73. The molecule has 1 amide bonds. The number of amides is 1. The van der Waals surface area contributed by atoms with Crippen molar-refractivity contribution in [3.05, 3.63) is 83.8 Å². The second kappa shape index (κ2) is 10.7. The lowest BCUT2D eigenvalue weighted by Crippen LogP contribution is -2.20. The van der Waals surface area contributed by atoms with Crippen molar-refractivity contribution in [3.8, 4) is 17.4 Å². The van der Waals surface area contributed by atoms with Crippen molar-refractivity contribution < 1.29 is 27.1 Å². The summed E-state index contributed by atoms with van der Waals surface area (Å²) < 4.78 is 50.1. The van der Waals surface area contributed by atoms with Gasteiger partial charge < -0.3 is 14.8 Å². The molecule has 0 saturated carbocycles. The first-order valence-corrected chi connectivity index (χ1v) is 11.2. The molecule has 1 aromatic heterocycles. The van der Waals surface area contributed by atoms with E-state index < -0.39 is 10.0 Å². The van der Waals surface area contributed by atoms with E-state index in [9.17, 15) is 17.6 Å². The van der Waals surface area contributed by atoms with E-state index in [-0.39, 0.29) is 28.9 Å². The highest BCUT2D eigenvalue weighted by atomic mass is 32.2. The minimum Gasteiger partial charge on any atom is -0.495 e. The summed E-state index contributed by atoms with van der Waals surface area (Å²) in [5, 5.41) is 2.72. The fourth-order valence-corrected chi connectivity index (χ4v) is 3.66. The van der Waals surface area contributed by atoms with Gasteiger partial charge in [0.2, 0.25) is 21.8 Å². The molecule has 8 nitrogen and oxygen atoms in total. The summed E-state index contributed by atoms with van der Waals surface area (Å²) in [6, 6.07) is 13.5.